The Labute approximate surface area is 130 Å². The summed E-state index contributed by atoms with van der Waals surface area (Å²) in [4.78, 5) is 0. The van der Waals surface area contributed by atoms with Crippen LogP contribution in [0, 0.1) is 5.82 Å². The second-order valence-electron chi connectivity index (χ2n) is 5.13. The zero-order valence-electron chi connectivity index (χ0n) is 12.4. The van der Waals surface area contributed by atoms with E-state index in [1.165, 1.54) is 6.07 Å². The van der Waals surface area contributed by atoms with Crippen LogP contribution in [-0.2, 0) is 13.5 Å². The Morgan fingerprint density at radius 2 is 2.19 bits per heavy atom. The highest BCUT2D eigenvalue weighted by atomic mass is 35.5. The summed E-state index contributed by atoms with van der Waals surface area (Å²) in [5.74, 6) is -0.249. The molecule has 114 valence electrons. The van der Waals surface area contributed by atoms with Gasteiger partial charge >= 0.3 is 0 Å². The van der Waals surface area contributed by atoms with Crippen molar-refractivity contribution in [3.8, 4) is 0 Å². The molecule has 5 heteroatoms. The summed E-state index contributed by atoms with van der Waals surface area (Å²) in [7, 11) is 1.92. The Kier molecular flexibility index (Phi) is 5.76. The number of benzene rings is 1. The minimum atomic E-state index is -0.249. The van der Waals surface area contributed by atoms with Gasteiger partial charge in [0.25, 0.3) is 0 Å². The fraction of sp³-hybridized carbons (Fsp3) is 0.438. The average molecular weight is 310 g/mol. The van der Waals surface area contributed by atoms with E-state index in [4.69, 9.17) is 11.6 Å². The lowest BCUT2D eigenvalue weighted by Gasteiger charge is -2.21. The monoisotopic (exact) mass is 309 g/mol. The maximum absolute atomic E-state index is 14.1. The van der Waals surface area contributed by atoms with Crippen molar-refractivity contribution in [2.24, 2.45) is 7.05 Å². The first-order chi connectivity index (χ1) is 10.1. The van der Waals surface area contributed by atoms with Gasteiger partial charge in [0.1, 0.15) is 5.82 Å². The molecule has 0 aliphatic rings. The molecule has 2 aromatic rings. The van der Waals surface area contributed by atoms with Gasteiger partial charge in [-0.2, -0.15) is 5.10 Å². The van der Waals surface area contributed by atoms with Gasteiger partial charge in [-0.25, -0.2) is 4.39 Å². The quantitative estimate of drug-likeness (QED) is 0.841. The zero-order valence-corrected chi connectivity index (χ0v) is 13.2. The van der Waals surface area contributed by atoms with Gasteiger partial charge in [0.15, 0.2) is 0 Å². The molecule has 0 amide bonds. The Morgan fingerprint density at radius 3 is 2.81 bits per heavy atom. The van der Waals surface area contributed by atoms with Crippen LogP contribution in [0.5, 0.6) is 0 Å². The SMILES string of the molecule is CCCNC(CCc1ccnn1C)c1c(F)cccc1Cl. The molecule has 0 aliphatic carbocycles. The molecule has 1 heterocycles. The number of aromatic nitrogens is 2. The van der Waals surface area contributed by atoms with Crippen LogP contribution in [0.2, 0.25) is 5.02 Å². The number of halogens is 2. The molecule has 0 saturated heterocycles. The van der Waals surface area contributed by atoms with Crippen molar-refractivity contribution in [3.05, 3.63) is 52.6 Å². The van der Waals surface area contributed by atoms with Crippen molar-refractivity contribution in [2.45, 2.75) is 32.2 Å². The van der Waals surface area contributed by atoms with Gasteiger partial charge in [0, 0.05) is 35.6 Å². The maximum atomic E-state index is 14.1. The maximum Gasteiger partial charge on any atom is 0.129 e. The van der Waals surface area contributed by atoms with Crippen molar-refractivity contribution in [2.75, 3.05) is 6.54 Å². The summed E-state index contributed by atoms with van der Waals surface area (Å²) in [6.45, 7) is 2.93. The van der Waals surface area contributed by atoms with E-state index >= 15 is 0 Å². The van der Waals surface area contributed by atoms with Gasteiger partial charge < -0.3 is 5.32 Å². The molecule has 2 rings (SSSR count). The van der Waals surface area contributed by atoms with E-state index in [1.807, 2.05) is 17.8 Å². The molecular weight excluding hydrogens is 289 g/mol. The van der Waals surface area contributed by atoms with Crippen molar-refractivity contribution in [1.29, 1.82) is 0 Å². The van der Waals surface area contributed by atoms with Crippen LogP contribution in [-0.4, -0.2) is 16.3 Å². The largest absolute Gasteiger partial charge is 0.310 e. The molecule has 0 bridgehead atoms. The lowest BCUT2D eigenvalue weighted by Crippen LogP contribution is -2.24. The molecule has 0 saturated carbocycles. The Morgan fingerprint density at radius 1 is 1.38 bits per heavy atom. The van der Waals surface area contributed by atoms with Gasteiger partial charge in [-0.05, 0) is 44.0 Å². The first-order valence-electron chi connectivity index (χ1n) is 7.27. The predicted molar refractivity (Wildman–Crippen MR) is 84.0 cm³/mol. The first kappa shape index (κ1) is 16.0. The van der Waals surface area contributed by atoms with E-state index in [0.717, 1.165) is 31.5 Å². The molecule has 0 radical (unpaired) electrons. The van der Waals surface area contributed by atoms with Crippen LogP contribution in [0.1, 0.15) is 37.1 Å². The molecular formula is C16H21ClFN3. The van der Waals surface area contributed by atoms with Crippen molar-refractivity contribution < 1.29 is 4.39 Å². The first-order valence-corrected chi connectivity index (χ1v) is 7.65. The molecule has 1 aromatic carbocycles. The molecule has 21 heavy (non-hydrogen) atoms. The van der Waals surface area contributed by atoms with E-state index in [9.17, 15) is 4.39 Å². The third-order valence-corrected chi connectivity index (χ3v) is 3.93. The summed E-state index contributed by atoms with van der Waals surface area (Å²) < 4.78 is 16.0. The van der Waals surface area contributed by atoms with Crippen molar-refractivity contribution >= 4 is 11.6 Å². The standard InChI is InChI=1S/C16H21ClFN3/c1-3-10-19-15(8-7-12-9-11-20-21(12)2)16-13(17)5-4-6-14(16)18/h4-6,9,11,15,19H,3,7-8,10H2,1-2H3. The molecule has 1 atom stereocenters. The normalized spacial score (nSPS) is 12.6. The highest BCUT2D eigenvalue weighted by Gasteiger charge is 2.18. The van der Waals surface area contributed by atoms with E-state index in [1.54, 1.807) is 18.3 Å². The number of nitrogens with zero attached hydrogens (tertiary/aromatic N) is 2. The second-order valence-corrected chi connectivity index (χ2v) is 5.53. The molecule has 1 unspecified atom stereocenters. The van der Waals surface area contributed by atoms with Crippen LogP contribution in [0.15, 0.2) is 30.5 Å². The van der Waals surface area contributed by atoms with Gasteiger partial charge in [-0.3, -0.25) is 4.68 Å². The van der Waals surface area contributed by atoms with Crippen molar-refractivity contribution in [3.63, 3.8) is 0 Å². The van der Waals surface area contributed by atoms with E-state index in [2.05, 4.69) is 17.3 Å². The number of hydrogen-bond donors (Lipinski definition) is 1. The average Bonchev–Trinajstić information content (AvgIpc) is 2.86. The summed E-state index contributed by atoms with van der Waals surface area (Å²) >= 11 is 6.20. The smallest absolute Gasteiger partial charge is 0.129 e. The number of nitrogens with one attached hydrogen (secondary N) is 1. The van der Waals surface area contributed by atoms with Crippen LogP contribution < -0.4 is 5.32 Å². The predicted octanol–water partition coefficient (Wildman–Crippen LogP) is 3.89. The zero-order chi connectivity index (χ0) is 15.2. The van der Waals surface area contributed by atoms with Gasteiger partial charge in [-0.15, -0.1) is 0 Å². The fourth-order valence-electron chi connectivity index (χ4n) is 2.45. The van der Waals surface area contributed by atoms with Gasteiger partial charge in [-0.1, -0.05) is 24.6 Å². The van der Waals surface area contributed by atoms with Crippen LogP contribution in [0.4, 0.5) is 4.39 Å². The Balaban J connectivity index is 2.16. The van der Waals surface area contributed by atoms with Crippen LogP contribution >= 0.6 is 11.6 Å². The number of hydrogen-bond acceptors (Lipinski definition) is 2. The van der Waals surface area contributed by atoms with Gasteiger partial charge in [0.2, 0.25) is 0 Å². The minimum Gasteiger partial charge on any atom is -0.310 e. The summed E-state index contributed by atoms with van der Waals surface area (Å²) in [6, 6.07) is 6.74. The molecule has 3 nitrogen and oxygen atoms in total. The fourth-order valence-corrected chi connectivity index (χ4v) is 2.74. The number of rotatable bonds is 7. The molecule has 0 fully saturated rings. The lowest BCUT2D eigenvalue weighted by molar-refractivity contribution is 0.468. The van der Waals surface area contributed by atoms with Crippen LogP contribution in [0.25, 0.3) is 0 Å². The molecule has 1 N–H and O–H groups in total. The molecule has 0 spiro atoms. The third-order valence-electron chi connectivity index (χ3n) is 3.60. The van der Waals surface area contributed by atoms with Gasteiger partial charge in [0.05, 0.1) is 0 Å². The highest BCUT2D eigenvalue weighted by Crippen LogP contribution is 2.29. The summed E-state index contributed by atoms with van der Waals surface area (Å²) in [5, 5.41) is 8.04. The highest BCUT2D eigenvalue weighted by molar-refractivity contribution is 6.31. The number of aryl methyl sites for hydroxylation is 2. The lowest BCUT2D eigenvalue weighted by atomic mass is 10.00. The minimum absolute atomic E-state index is 0.0893. The van der Waals surface area contributed by atoms with E-state index in [-0.39, 0.29) is 11.9 Å². The van der Waals surface area contributed by atoms with E-state index in [0.29, 0.717) is 10.6 Å². The summed E-state index contributed by atoms with van der Waals surface area (Å²) in [5.41, 5.74) is 1.69. The second kappa shape index (κ2) is 7.57. The molecule has 1 aromatic heterocycles. The molecule has 0 aliphatic heterocycles. The third kappa shape index (κ3) is 4.05. The Hall–Kier alpha value is -1.39. The topological polar surface area (TPSA) is 29.9 Å². The van der Waals surface area contributed by atoms with Crippen molar-refractivity contribution in [1.82, 2.24) is 15.1 Å². The van der Waals surface area contributed by atoms with Crippen LogP contribution in [0.3, 0.4) is 0 Å². The van der Waals surface area contributed by atoms with E-state index < -0.39 is 0 Å². The Bertz CT molecular complexity index is 562. The summed E-state index contributed by atoms with van der Waals surface area (Å²) in [6.07, 6.45) is 4.37.